The van der Waals surface area contributed by atoms with E-state index in [4.69, 9.17) is 0 Å². The van der Waals surface area contributed by atoms with Crippen LogP contribution in [-0.4, -0.2) is 38.7 Å². The van der Waals surface area contributed by atoms with E-state index in [0.717, 1.165) is 25.0 Å². The number of hydrogen-bond acceptors (Lipinski definition) is 3. The van der Waals surface area contributed by atoms with Gasteiger partial charge in [0.05, 0.1) is 5.52 Å². The first-order valence-corrected chi connectivity index (χ1v) is 7.21. The molecule has 0 radical (unpaired) electrons. The number of aromatic nitrogens is 2. The number of nitrogens with one attached hydrogen (secondary N) is 1. The van der Waals surface area contributed by atoms with Gasteiger partial charge in [-0.3, -0.25) is 4.57 Å². The minimum atomic E-state index is -0.135. The minimum absolute atomic E-state index is 0.133. The maximum Gasteiger partial charge on any atom is 0.326 e. The molecular formula is C15H21N3O2. The molecule has 1 unspecified atom stereocenters. The van der Waals surface area contributed by atoms with Gasteiger partial charge in [-0.15, -0.1) is 0 Å². The van der Waals surface area contributed by atoms with Gasteiger partial charge in [0.25, 0.3) is 0 Å². The van der Waals surface area contributed by atoms with Crippen LogP contribution in [0.5, 0.6) is 5.75 Å². The zero-order chi connectivity index (χ0) is 14.3. The lowest BCUT2D eigenvalue weighted by Gasteiger charge is -2.20. The summed E-state index contributed by atoms with van der Waals surface area (Å²) >= 11 is 0. The number of fused-ring (bicyclic) bond motifs is 1. The molecule has 1 saturated heterocycles. The highest BCUT2D eigenvalue weighted by Gasteiger charge is 2.25. The molecule has 5 heteroatoms. The normalized spacial score (nSPS) is 20.2. The molecule has 1 atom stereocenters. The first kappa shape index (κ1) is 13.2. The number of hydrogen-bond donors (Lipinski definition) is 2. The molecule has 0 bridgehead atoms. The van der Waals surface area contributed by atoms with Crippen molar-refractivity contribution in [2.45, 2.75) is 32.9 Å². The fraction of sp³-hybridized carbons (Fsp3) is 0.533. The first-order valence-electron chi connectivity index (χ1n) is 7.21. The first-order chi connectivity index (χ1) is 9.56. The fourth-order valence-corrected chi connectivity index (χ4v) is 3.09. The summed E-state index contributed by atoms with van der Waals surface area (Å²) in [6.07, 6.45) is 1.12. The molecule has 2 heterocycles. The molecule has 1 aromatic carbocycles. The van der Waals surface area contributed by atoms with Crippen molar-refractivity contribution < 1.29 is 5.11 Å². The number of imidazole rings is 1. The van der Waals surface area contributed by atoms with Gasteiger partial charge in [0.15, 0.2) is 0 Å². The van der Waals surface area contributed by atoms with Crippen molar-refractivity contribution in [3.05, 3.63) is 28.7 Å². The number of likely N-dealkylation sites (tertiary alicyclic amines) is 1. The maximum atomic E-state index is 12.1. The second kappa shape index (κ2) is 4.98. The Morgan fingerprint density at radius 1 is 1.45 bits per heavy atom. The van der Waals surface area contributed by atoms with Gasteiger partial charge in [0.2, 0.25) is 0 Å². The second-order valence-electron chi connectivity index (χ2n) is 5.96. The predicted octanol–water partition coefficient (Wildman–Crippen LogP) is 1.77. The van der Waals surface area contributed by atoms with Crippen LogP contribution in [0.2, 0.25) is 0 Å². The monoisotopic (exact) mass is 275 g/mol. The van der Waals surface area contributed by atoms with Crippen LogP contribution in [0.3, 0.4) is 0 Å². The number of H-pyrrole nitrogens is 1. The number of phenolic OH excluding ortho intramolecular Hbond substituents is 1. The molecule has 0 saturated carbocycles. The van der Waals surface area contributed by atoms with Crippen LogP contribution in [0.25, 0.3) is 11.0 Å². The fourth-order valence-electron chi connectivity index (χ4n) is 3.09. The van der Waals surface area contributed by atoms with Gasteiger partial charge in [0.1, 0.15) is 11.3 Å². The Kier molecular flexibility index (Phi) is 3.30. The van der Waals surface area contributed by atoms with E-state index in [0.29, 0.717) is 24.0 Å². The minimum Gasteiger partial charge on any atom is -0.506 e. The van der Waals surface area contributed by atoms with Crippen molar-refractivity contribution in [1.29, 1.82) is 0 Å². The zero-order valence-corrected chi connectivity index (χ0v) is 12.0. The van der Waals surface area contributed by atoms with Crippen LogP contribution in [0.15, 0.2) is 23.0 Å². The van der Waals surface area contributed by atoms with Crippen molar-refractivity contribution in [2.24, 2.45) is 5.92 Å². The Morgan fingerprint density at radius 2 is 2.25 bits per heavy atom. The van der Waals surface area contributed by atoms with E-state index in [1.807, 2.05) is 6.07 Å². The summed E-state index contributed by atoms with van der Waals surface area (Å²) in [7, 11) is 0. The summed E-state index contributed by atoms with van der Waals surface area (Å²) in [5.41, 5.74) is 1.19. The molecule has 2 N–H and O–H groups in total. The molecule has 0 amide bonds. The summed E-state index contributed by atoms with van der Waals surface area (Å²) in [4.78, 5) is 17.3. The van der Waals surface area contributed by atoms with Crippen molar-refractivity contribution in [3.63, 3.8) is 0 Å². The number of benzene rings is 1. The molecule has 20 heavy (non-hydrogen) atoms. The van der Waals surface area contributed by atoms with Crippen molar-refractivity contribution in [2.75, 3.05) is 13.1 Å². The summed E-state index contributed by atoms with van der Waals surface area (Å²) < 4.78 is 1.75. The highest BCUT2D eigenvalue weighted by atomic mass is 16.3. The lowest BCUT2D eigenvalue weighted by atomic mass is 10.1. The van der Waals surface area contributed by atoms with Gasteiger partial charge >= 0.3 is 5.69 Å². The average molecular weight is 275 g/mol. The zero-order valence-electron chi connectivity index (χ0n) is 12.0. The van der Waals surface area contributed by atoms with Gasteiger partial charge < -0.3 is 15.0 Å². The van der Waals surface area contributed by atoms with Crippen molar-refractivity contribution >= 4 is 11.0 Å². The van der Waals surface area contributed by atoms with Crippen LogP contribution in [0, 0.1) is 5.92 Å². The van der Waals surface area contributed by atoms with Gasteiger partial charge in [-0.25, -0.2) is 4.79 Å². The molecule has 0 spiro atoms. The molecule has 0 aliphatic carbocycles. The van der Waals surface area contributed by atoms with E-state index in [1.165, 1.54) is 0 Å². The number of phenols is 1. The van der Waals surface area contributed by atoms with Crippen LogP contribution < -0.4 is 5.69 Å². The van der Waals surface area contributed by atoms with Crippen LogP contribution in [0.1, 0.15) is 20.3 Å². The lowest BCUT2D eigenvalue weighted by molar-refractivity contribution is 0.261. The summed E-state index contributed by atoms with van der Waals surface area (Å²) in [6, 6.07) is 5.81. The molecule has 1 aliphatic rings. The van der Waals surface area contributed by atoms with E-state index in [9.17, 15) is 9.90 Å². The third-order valence-electron chi connectivity index (χ3n) is 4.28. The molecule has 108 valence electrons. The van der Waals surface area contributed by atoms with Gasteiger partial charge in [-0.2, -0.15) is 0 Å². The SMILES string of the molecule is CC(C)N1CCC(Cn2c(=O)[nH]c3c(O)cccc32)C1. The van der Waals surface area contributed by atoms with Crippen molar-refractivity contribution in [3.8, 4) is 5.75 Å². The molecule has 1 fully saturated rings. The molecular weight excluding hydrogens is 254 g/mol. The van der Waals surface area contributed by atoms with E-state index in [2.05, 4.69) is 23.7 Å². The maximum absolute atomic E-state index is 12.1. The predicted molar refractivity (Wildman–Crippen MR) is 79.0 cm³/mol. The van der Waals surface area contributed by atoms with Crippen LogP contribution >= 0.6 is 0 Å². The number of aromatic amines is 1. The number of rotatable bonds is 3. The molecule has 1 aliphatic heterocycles. The largest absolute Gasteiger partial charge is 0.506 e. The molecule has 1 aromatic heterocycles. The third kappa shape index (κ3) is 2.22. The lowest BCUT2D eigenvalue weighted by Crippen LogP contribution is -2.29. The van der Waals surface area contributed by atoms with E-state index in [1.54, 1.807) is 16.7 Å². The van der Waals surface area contributed by atoms with E-state index >= 15 is 0 Å². The quantitative estimate of drug-likeness (QED) is 0.897. The molecule has 5 nitrogen and oxygen atoms in total. The summed E-state index contributed by atoms with van der Waals surface area (Å²) in [5, 5.41) is 9.79. The Labute approximate surface area is 117 Å². The van der Waals surface area contributed by atoms with Gasteiger partial charge in [0, 0.05) is 19.1 Å². The Balaban J connectivity index is 1.87. The highest BCUT2D eigenvalue weighted by Crippen LogP contribution is 2.24. The van der Waals surface area contributed by atoms with Crippen LogP contribution in [-0.2, 0) is 6.54 Å². The third-order valence-corrected chi connectivity index (χ3v) is 4.28. The average Bonchev–Trinajstić information content (AvgIpc) is 2.98. The van der Waals surface area contributed by atoms with Crippen LogP contribution in [0.4, 0.5) is 0 Å². The number of aromatic hydroxyl groups is 1. The van der Waals surface area contributed by atoms with E-state index < -0.39 is 0 Å². The number of nitrogens with zero attached hydrogens (tertiary/aromatic N) is 2. The molecule has 2 aromatic rings. The smallest absolute Gasteiger partial charge is 0.326 e. The summed E-state index contributed by atoms with van der Waals surface area (Å²) in [5.74, 6) is 0.630. The standard InChI is InChI=1S/C15H21N3O2/c1-10(2)17-7-6-11(8-17)9-18-12-4-3-5-13(19)14(12)16-15(18)20/h3-5,10-11,19H,6-9H2,1-2H3,(H,16,20). The topological polar surface area (TPSA) is 61.3 Å². The Morgan fingerprint density at radius 3 is 2.95 bits per heavy atom. The van der Waals surface area contributed by atoms with E-state index in [-0.39, 0.29) is 11.4 Å². The van der Waals surface area contributed by atoms with Crippen molar-refractivity contribution in [1.82, 2.24) is 14.5 Å². The highest BCUT2D eigenvalue weighted by molar-refractivity contribution is 5.81. The Hall–Kier alpha value is -1.75. The van der Waals surface area contributed by atoms with Gasteiger partial charge in [-0.05, 0) is 44.9 Å². The Bertz CT molecular complexity index is 671. The summed E-state index contributed by atoms with van der Waals surface area (Å²) in [6.45, 7) is 7.27. The number of para-hydroxylation sites is 1. The molecule has 3 rings (SSSR count). The second-order valence-corrected chi connectivity index (χ2v) is 5.96. The van der Waals surface area contributed by atoms with Gasteiger partial charge in [-0.1, -0.05) is 6.07 Å².